The predicted molar refractivity (Wildman–Crippen MR) is 69.9 cm³/mol. The van der Waals surface area contributed by atoms with Crippen LogP contribution in [0.2, 0.25) is 0 Å². The molecule has 1 aromatic rings. The van der Waals surface area contributed by atoms with Gasteiger partial charge in [0.15, 0.2) is 0 Å². The van der Waals surface area contributed by atoms with Crippen molar-refractivity contribution in [3.8, 4) is 0 Å². The molecule has 0 amide bonds. The summed E-state index contributed by atoms with van der Waals surface area (Å²) in [6, 6.07) is 0.391. The lowest BCUT2D eigenvalue weighted by Gasteiger charge is -2.08. The van der Waals surface area contributed by atoms with Gasteiger partial charge in [-0.05, 0) is 6.92 Å². The van der Waals surface area contributed by atoms with Crippen molar-refractivity contribution in [2.24, 2.45) is 0 Å². The molecular weight excluding hydrogens is 256 g/mol. The third kappa shape index (κ3) is 6.08. The van der Waals surface area contributed by atoms with Crippen LogP contribution in [-0.4, -0.2) is 52.7 Å². The molecule has 0 spiro atoms. The van der Waals surface area contributed by atoms with Gasteiger partial charge in [0.2, 0.25) is 5.89 Å². The molecule has 1 rings (SSSR count). The van der Waals surface area contributed by atoms with E-state index in [4.69, 9.17) is 9.15 Å². The van der Waals surface area contributed by atoms with Gasteiger partial charge in [-0.2, -0.15) is 0 Å². The Labute approximate surface area is 109 Å². The van der Waals surface area contributed by atoms with Crippen molar-refractivity contribution in [2.75, 3.05) is 37.6 Å². The summed E-state index contributed by atoms with van der Waals surface area (Å²) in [6.07, 6.45) is 1.66. The number of aromatic nitrogens is 2. The van der Waals surface area contributed by atoms with Crippen LogP contribution in [0.3, 0.4) is 0 Å². The van der Waals surface area contributed by atoms with Crippen LogP contribution in [0.25, 0.3) is 0 Å². The van der Waals surface area contributed by atoms with E-state index in [1.165, 1.54) is 0 Å². The molecule has 0 radical (unpaired) electrons. The lowest BCUT2D eigenvalue weighted by Crippen LogP contribution is -2.22. The lowest BCUT2D eigenvalue weighted by molar-refractivity contribution is 0.198. The van der Waals surface area contributed by atoms with Crippen LogP contribution in [-0.2, 0) is 22.1 Å². The van der Waals surface area contributed by atoms with E-state index < -0.39 is 10.8 Å². The molecule has 1 heterocycles. The van der Waals surface area contributed by atoms with Crippen molar-refractivity contribution >= 4 is 16.8 Å². The monoisotopic (exact) mass is 276 g/mol. The molecule has 0 bridgehead atoms. The van der Waals surface area contributed by atoms with Crippen LogP contribution in [0.1, 0.15) is 12.8 Å². The normalized spacial score (nSPS) is 14.4. The molecule has 2 N–H and O–H groups in total. The van der Waals surface area contributed by atoms with E-state index >= 15 is 0 Å². The van der Waals surface area contributed by atoms with Gasteiger partial charge in [-0.15, -0.1) is 5.10 Å². The van der Waals surface area contributed by atoms with Crippen molar-refractivity contribution in [1.82, 2.24) is 15.5 Å². The van der Waals surface area contributed by atoms with Gasteiger partial charge in [-0.25, -0.2) is 0 Å². The smallest absolute Gasteiger partial charge is 0.315 e. The highest BCUT2D eigenvalue weighted by Gasteiger charge is 2.09. The van der Waals surface area contributed by atoms with Crippen LogP contribution < -0.4 is 10.6 Å². The van der Waals surface area contributed by atoms with Crippen molar-refractivity contribution in [2.45, 2.75) is 19.5 Å². The summed E-state index contributed by atoms with van der Waals surface area (Å²) in [4.78, 5) is 0. The first-order chi connectivity index (χ1) is 8.61. The van der Waals surface area contributed by atoms with Crippen molar-refractivity contribution < 1.29 is 13.4 Å². The number of ether oxygens (including phenoxy) is 1. The Balaban J connectivity index is 2.31. The Morgan fingerprint density at radius 1 is 1.50 bits per heavy atom. The summed E-state index contributed by atoms with van der Waals surface area (Å²) in [7, 11) is 0.800. The summed E-state index contributed by atoms with van der Waals surface area (Å²) < 4.78 is 21.3. The number of rotatable bonds is 9. The predicted octanol–water partition coefficient (Wildman–Crippen LogP) is -0.0155. The van der Waals surface area contributed by atoms with Gasteiger partial charge in [0.05, 0.1) is 13.2 Å². The minimum atomic E-state index is -0.848. The molecule has 0 aliphatic heterocycles. The number of hydrogen-bond acceptors (Lipinski definition) is 7. The molecule has 2 atom stereocenters. The van der Waals surface area contributed by atoms with Crippen molar-refractivity contribution in [1.29, 1.82) is 0 Å². The fraction of sp³-hybridized carbons (Fsp3) is 0.800. The van der Waals surface area contributed by atoms with E-state index in [9.17, 15) is 4.21 Å². The highest BCUT2D eigenvalue weighted by atomic mass is 32.2. The standard InChI is InChI=1S/C10H20N4O3S/c1-8(7-18(3)15)12-10-14-13-9(17-10)6-11-4-5-16-2/h8,11H,4-7H2,1-3H3,(H,12,14). The van der Waals surface area contributed by atoms with Crippen LogP contribution >= 0.6 is 0 Å². The maximum atomic E-state index is 11.0. The second-order valence-corrected chi connectivity index (χ2v) is 5.44. The average Bonchev–Trinajstić information content (AvgIpc) is 2.71. The number of methoxy groups -OCH3 is 1. The lowest BCUT2D eigenvalue weighted by atomic mass is 10.4. The van der Waals surface area contributed by atoms with Gasteiger partial charge in [-0.1, -0.05) is 5.10 Å². The number of anilines is 1. The summed E-state index contributed by atoms with van der Waals surface area (Å²) in [5.41, 5.74) is 0. The van der Waals surface area contributed by atoms with Crippen molar-refractivity contribution in [3.63, 3.8) is 0 Å². The van der Waals surface area contributed by atoms with Crippen molar-refractivity contribution in [3.05, 3.63) is 5.89 Å². The van der Waals surface area contributed by atoms with Gasteiger partial charge in [0, 0.05) is 42.5 Å². The molecule has 0 aliphatic carbocycles. The zero-order chi connectivity index (χ0) is 13.4. The molecule has 104 valence electrons. The zero-order valence-corrected chi connectivity index (χ0v) is 11.7. The second-order valence-electron chi connectivity index (χ2n) is 3.96. The van der Waals surface area contributed by atoms with Crippen LogP contribution in [0.5, 0.6) is 0 Å². The summed E-state index contributed by atoms with van der Waals surface area (Å²) in [5, 5.41) is 13.9. The molecule has 0 saturated heterocycles. The summed E-state index contributed by atoms with van der Waals surface area (Å²) in [5.74, 6) is 1.06. The fourth-order valence-corrected chi connectivity index (χ4v) is 2.14. The minimum absolute atomic E-state index is 0.0329. The highest BCUT2D eigenvalue weighted by Crippen LogP contribution is 2.07. The first-order valence-electron chi connectivity index (χ1n) is 5.70. The maximum absolute atomic E-state index is 11.0. The van der Waals surface area contributed by atoms with Gasteiger partial charge in [-0.3, -0.25) is 4.21 Å². The Bertz CT molecular complexity index is 372. The fourth-order valence-electron chi connectivity index (χ4n) is 1.36. The average molecular weight is 276 g/mol. The maximum Gasteiger partial charge on any atom is 0.315 e. The first-order valence-corrected chi connectivity index (χ1v) is 7.43. The summed E-state index contributed by atoms with van der Waals surface area (Å²) in [6.45, 7) is 3.79. The van der Waals surface area contributed by atoms with E-state index in [1.807, 2.05) is 6.92 Å². The third-order valence-corrected chi connectivity index (χ3v) is 3.05. The van der Waals surface area contributed by atoms with E-state index in [2.05, 4.69) is 20.8 Å². The largest absolute Gasteiger partial charge is 0.407 e. The van der Waals surface area contributed by atoms with E-state index in [0.717, 1.165) is 6.54 Å². The first kappa shape index (κ1) is 15.1. The van der Waals surface area contributed by atoms with Gasteiger partial charge < -0.3 is 19.8 Å². The third-order valence-electron chi connectivity index (χ3n) is 2.08. The van der Waals surface area contributed by atoms with E-state index in [0.29, 0.717) is 30.8 Å². The van der Waals surface area contributed by atoms with Crippen LogP contribution in [0.4, 0.5) is 6.01 Å². The quantitative estimate of drug-likeness (QED) is 0.613. The molecule has 0 saturated carbocycles. The Morgan fingerprint density at radius 3 is 2.94 bits per heavy atom. The molecule has 7 nitrogen and oxygen atoms in total. The van der Waals surface area contributed by atoms with Crippen LogP contribution in [0.15, 0.2) is 4.42 Å². The minimum Gasteiger partial charge on any atom is -0.407 e. The zero-order valence-electron chi connectivity index (χ0n) is 10.9. The molecule has 0 aliphatic rings. The van der Waals surface area contributed by atoms with Crippen LogP contribution in [0, 0.1) is 0 Å². The number of hydrogen-bond donors (Lipinski definition) is 2. The van der Waals surface area contributed by atoms with Gasteiger partial charge >= 0.3 is 6.01 Å². The molecular formula is C10H20N4O3S. The Morgan fingerprint density at radius 2 is 2.28 bits per heavy atom. The Kier molecular flexibility index (Phi) is 6.84. The molecule has 0 fully saturated rings. The van der Waals surface area contributed by atoms with Gasteiger partial charge in [0.1, 0.15) is 0 Å². The van der Waals surface area contributed by atoms with Gasteiger partial charge in [0.25, 0.3) is 0 Å². The second kappa shape index (κ2) is 8.17. The topological polar surface area (TPSA) is 89.3 Å². The Hall–Kier alpha value is -0.990. The summed E-state index contributed by atoms with van der Waals surface area (Å²) >= 11 is 0. The number of nitrogens with one attached hydrogen (secondary N) is 2. The molecule has 8 heteroatoms. The SMILES string of the molecule is COCCNCc1nnc(NC(C)CS(C)=O)o1. The molecule has 2 unspecified atom stereocenters. The van der Waals surface area contributed by atoms with E-state index in [-0.39, 0.29) is 6.04 Å². The molecule has 18 heavy (non-hydrogen) atoms. The molecule has 0 aromatic carbocycles. The molecule has 1 aromatic heterocycles. The highest BCUT2D eigenvalue weighted by molar-refractivity contribution is 7.84. The number of nitrogens with zero attached hydrogens (tertiary/aromatic N) is 2. The van der Waals surface area contributed by atoms with E-state index in [1.54, 1.807) is 13.4 Å².